The summed E-state index contributed by atoms with van der Waals surface area (Å²) in [6.45, 7) is 3.60. The van der Waals surface area contributed by atoms with Gasteiger partial charge in [-0.1, -0.05) is 12.1 Å². The number of nitrogens with zero attached hydrogens (tertiary/aromatic N) is 3. The van der Waals surface area contributed by atoms with Gasteiger partial charge in [-0.3, -0.25) is 9.20 Å². The highest BCUT2D eigenvalue weighted by Gasteiger charge is 2.23. The quantitative estimate of drug-likeness (QED) is 0.743. The van der Waals surface area contributed by atoms with E-state index in [1.807, 2.05) is 23.6 Å². The molecule has 6 heteroatoms. The fourth-order valence-electron chi connectivity index (χ4n) is 3.28. The third-order valence-corrected chi connectivity index (χ3v) is 4.56. The Balaban J connectivity index is 1.79. The van der Waals surface area contributed by atoms with Gasteiger partial charge in [0.2, 0.25) is 0 Å². The van der Waals surface area contributed by atoms with Crippen molar-refractivity contribution in [1.82, 2.24) is 14.0 Å². The van der Waals surface area contributed by atoms with Crippen LogP contribution < -0.4 is 5.56 Å². The summed E-state index contributed by atoms with van der Waals surface area (Å²) in [5.41, 5.74) is 2.00. The number of imidazole rings is 1. The van der Waals surface area contributed by atoms with Crippen molar-refractivity contribution in [2.45, 2.75) is 25.8 Å². The van der Waals surface area contributed by atoms with E-state index in [9.17, 15) is 9.18 Å². The van der Waals surface area contributed by atoms with E-state index < -0.39 is 0 Å². The summed E-state index contributed by atoms with van der Waals surface area (Å²) in [6, 6.07) is 6.32. The number of halogens is 1. The van der Waals surface area contributed by atoms with Gasteiger partial charge in [0.05, 0.1) is 19.3 Å². The molecule has 0 spiro atoms. The number of ether oxygens (including phenoxy) is 1. The molecule has 1 fully saturated rings. The summed E-state index contributed by atoms with van der Waals surface area (Å²) in [5.74, 6) is 0.804. The van der Waals surface area contributed by atoms with E-state index in [0.717, 1.165) is 30.1 Å². The minimum absolute atomic E-state index is 0.114. The van der Waals surface area contributed by atoms with Gasteiger partial charge in [-0.2, -0.15) is 0 Å². The Bertz CT molecular complexity index is 955. The van der Waals surface area contributed by atoms with Crippen molar-refractivity contribution in [2.75, 3.05) is 13.2 Å². The average molecular weight is 327 g/mol. The molecule has 2 aromatic heterocycles. The van der Waals surface area contributed by atoms with Gasteiger partial charge < -0.3 is 9.30 Å². The van der Waals surface area contributed by atoms with Gasteiger partial charge in [-0.05, 0) is 31.0 Å². The fourth-order valence-corrected chi connectivity index (χ4v) is 3.28. The van der Waals surface area contributed by atoms with Crippen molar-refractivity contribution in [1.29, 1.82) is 0 Å². The van der Waals surface area contributed by atoms with Crippen LogP contribution in [0, 0.1) is 12.7 Å². The lowest BCUT2D eigenvalue weighted by atomic mass is 10.1. The molecule has 0 bridgehead atoms. The predicted molar refractivity (Wildman–Crippen MR) is 87.9 cm³/mol. The lowest BCUT2D eigenvalue weighted by Crippen LogP contribution is -2.25. The Labute approximate surface area is 138 Å². The van der Waals surface area contributed by atoms with Crippen molar-refractivity contribution >= 4 is 5.52 Å². The molecule has 0 saturated carbocycles. The Morgan fingerprint density at radius 2 is 2.29 bits per heavy atom. The molecule has 3 aromatic rings. The molecule has 4 rings (SSSR count). The summed E-state index contributed by atoms with van der Waals surface area (Å²) in [4.78, 5) is 17.3. The molecule has 1 saturated heterocycles. The highest BCUT2D eigenvalue weighted by atomic mass is 19.1. The van der Waals surface area contributed by atoms with Crippen molar-refractivity contribution in [3.8, 4) is 0 Å². The highest BCUT2D eigenvalue weighted by molar-refractivity contribution is 5.45. The number of hydrogen-bond acceptors (Lipinski definition) is 3. The number of rotatable bonds is 3. The molecule has 0 amide bonds. The van der Waals surface area contributed by atoms with Crippen LogP contribution in [-0.4, -0.2) is 27.2 Å². The van der Waals surface area contributed by atoms with Gasteiger partial charge in [-0.15, -0.1) is 0 Å². The van der Waals surface area contributed by atoms with Gasteiger partial charge in [0, 0.05) is 24.4 Å². The summed E-state index contributed by atoms with van der Waals surface area (Å²) in [5, 5.41) is 0. The van der Waals surface area contributed by atoms with Crippen molar-refractivity contribution < 1.29 is 9.13 Å². The molecule has 0 unspecified atom stereocenters. The molecule has 124 valence electrons. The number of hydrogen-bond donors (Lipinski definition) is 0. The maximum absolute atomic E-state index is 13.4. The smallest absolute Gasteiger partial charge is 0.276 e. The van der Waals surface area contributed by atoms with Crippen LogP contribution in [0.3, 0.4) is 0 Å². The third-order valence-electron chi connectivity index (χ3n) is 4.56. The molecule has 0 N–H and O–H groups in total. The van der Waals surface area contributed by atoms with Crippen molar-refractivity contribution in [3.63, 3.8) is 0 Å². The summed E-state index contributed by atoms with van der Waals surface area (Å²) < 4.78 is 22.3. The Kier molecular flexibility index (Phi) is 3.69. The van der Waals surface area contributed by atoms with E-state index in [1.165, 1.54) is 12.1 Å². The van der Waals surface area contributed by atoms with Crippen LogP contribution in [0.2, 0.25) is 0 Å². The molecule has 3 heterocycles. The maximum Gasteiger partial charge on any atom is 0.276 e. The van der Waals surface area contributed by atoms with E-state index in [-0.39, 0.29) is 17.3 Å². The normalized spacial score (nSPS) is 17.7. The number of aromatic nitrogens is 3. The molecule has 5 nitrogen and oxygen atoms in total. The number of aryl methyl sites for hydroxylation is 1. The second kappa shape index (κ2) is 5.87. The monoisotopic (exact) mass is 327 g/mol. The zero-order valence-electron chi connectivity index (χ0n) is 13.4. The second-order valence-electron chi connectivity index (χ2n) is 6.22. The summed E-state index contributed by atoms with van der Waals surface area (Å²) in [7, 11) is 0. The van der Waals surface area contributed by atoms with E-state index in [0.29, 0.717) is 18.7 Å². The van der Waals surface area contributed by atoms with Crippen molar-refractivity contribution in [3.05, 3.63) is 69.9 Å². The number of benzene rings is 1. The molecule has 0 radical (unpaired) electrons. The largest absolute Gasteiger partial charge is 0.381 e. The van der Waals surface area contributed by atoms with Crippen LogP contribution in [0.25, 0.3) is 5.52 Å². The van der Waals surface area contributed by atoms with E-state index in [2.05, 4.69) is 4.98 Å². The molecule has 1 atom stereocenters. The lowest BCUT2D eigenvalue weighted by Gasteiger charge is -2.13. The molecule has 24 heavy (non-hydrogen) atoms. The van der Waals surface area contributed by atoms with E-state index >= 15 is 0 Å². The molecule has 0 aliphatic carbocycles. The zero-order valence-corrected chi connectivity index (χ0v) is 13.4. The van der Waals surface area contributed by atoms with Gasteiger partial charge >= 0.3 is 0 Å². The third kappa shape index (κ3) is 2.53. The lowest BCUT2D eigenvalue weighted by molar-refractivity contribution is 0.193. The SMILES string of the molecule is Cc1cn2c([C@@H]3CCOC3)ncc2c(=O)n1Cc1cccc(F)c1. The minimum atomic E-state index is -0.299. The molecule has 1 aliphatic rings. The van der Waals surface area contributed by atoms with Gasteiger partial charge in [-0.25, -0.2) is 9.37 Å². The topological polar surface area (TPSA) is 48.5 Å². The first-order chi connectivity index (χ1) is 11.6. The Morgan fingerprint density at radius 3 is 3.04 bits per heavy atom. The molecule has 1 aliphatic heterocycles. The van der Waals surface area contributed by atoms with Gasteiger partial charge in [0.25, 0.3) is 5.56 Å². The predicted octanol–water partition coefficient (Wildman–Crippen LogP) is 2.50. The minimum Gasteiger partial charge on any atom is -0.381 e. The first kappa shape index (κ1) is 15.1. The summed E-state index contributed by atoms with van der Waals surface area (Å²) >= 11 is 0. The van der Waals surface area contributed by atoms with Gasteiger partial charge in [0.1, 0.15) is 17.2 Å². The molecular formula is C18H18FN3O2. The Morgan fingerprint density at radius 1 is 1.42 bits per heavy atom. The first-order valence-electron chi connectivity index (χ1n) is 8.03. The second-order valence-corrected chi connectivity index (χ2v) is 6.22. The summed E-state index contributed by atoms with van der Waals surface area (Å²) in [6.07, 6.45) is 4.47. The molecule has 1 aromatic carbocycles. The van der Waals surface area contributed by atoms with E-state index in [1.54, 1.807) is 16.8 Å². The Hall–Kier alpha value is -2.47. The van der Waals surface area contributed by atoms with Gasteiger partial charge in [0.15, 0.2) is 0 Å². The van der Waals surface area contributed by atoms with Crippen molar-refractivity contribution in [2.24, 2.45) is 0 Å². The maximum atomic E-state index is 13.4. The standard InChI is InChI=1S/C18H18FN3O2/c1-12-9-22-16(8-20-17(22)14-5-6-24-11-14)18(23)21(12)10-13-3-2-4-15(19)7-13/h2-4,7-9,14H,5-6,10-11H2,1H3/t14-/m1/s1. The molecular weight excluding hydrogens is 309 g/mol. The zero-order chi connectivity index (χ0) is 16.7. The number of fused-ring (bicyclic) bond motifs is 1. The highest BCUT2D eigenvalue weighted by Crippen LogP contribution is 2.24. The van der Waals surface area contributed by atoms with E-state index in [4.69, 9.17) is 4.74 Å². The van der Waals surface area contributed by atoms with Crippen LogP contribution in [0.1, 0.15) is 29.4 Å². The van der Waals surface area contributed by atoms with Crippen LogP contribution in [-0.2, 0) is 11.3 Å². The fraction of sp³-hybridized carbons (Fsp3) is 0.333. The van der Waals surface area contributed by atoms with Crippen LogP contribution in [0.5, 0.6) is 0 Å². The van der Waals surface area contributed by atoms with Crippen LogP contribution in [0.15, 0.2) is 41.5 Å². The average Bonchev–Trinajstić information content (AvgIpc) is 3.20. The first-order valence-corrected chi connectivity index (χ1v) is 8.03. The van der Waals surface area contributed by atoms with Crippen LogP contribution >= 0.6 is 0 Å². The van der Waals surface area contributed by atoms with Crippen LogP contribution in [0.4, 0.5) is 4.39 Å².